The number of nitrogens with one attached hydrogen (secondary N) is 2. The van der Waals surface area contributed by atoms with Gasteiger partial charge in [0.05, 0.1) is 19.3 Å². The van der Waals surface area contributed by atoms with Crippen LogP contribution in [0.3, 0.4) is 0 Å². The second kappa shape index (κ2) is 12.1. The van der Waals surface area contributed by atoms with Crippen molar-refractivity contribution in [2.75, 3.05) is 32.8 Å². The van der Waals surface area contributed by atoms with Gasteiger partial charge in [-0.05, 0) is 44.5 Å². The van der Waals surface area contributed by atoms with Gasteiger partial charge in [-0.15, -0.1) is 24.0 Å². The van der Waals surface area contributed by atoms with Gasteiger partial charge in [-0.25, -0.2) is 4.99 Å². The molecule has 0 spiro atoms. The molecule has 2 aliphatic rings. The Kier molecular flexibility index (Phi) is 10.1. The number of hydrogen-bond donors (Lipinski definition) is 2. The number of guanidine groups is 1. The van der Waals surface area contributed by atoms with Crippen LogP contribution in [0.5, 0.6) is 5.75 Å². The van der Waals surface area contributed by atoms with Crippen molar-refractivity contribution in [3.8, 4) is 5.75 Å². The summed E-state index contributed by atoms with van der Waals surface area (Å²) < 4.78 is 35.7. The summed E-state index contributed by atoms with van der Waals surface area (Å²) in [5.74, 6) is 0.673. The summed E-state index contributed by atoms with van der Waals surface area (Å²) in [4.78, 5) is 6.97. The Hall–Kier alpha value is -0.910. The third kappa shape index (κ3) is 7.37. The van der Waals surface area contributed by atoms with Gasteiger partial charge in [0.2, 0.25) is 0 Å². The fourth-order valence-electron chi connectivity index (χ4n) is 3.61. The molecule has 10 heteroatoms. The molecule has 2 heterocycles. The summed E-state index contributed by atoms with van der Waals surface area (Å²) in [5, 5.41) is 6.89. The standard InChI is InChI=1S/C19H27ClF2N4O2.HI/c1-2-23-19(25-10-16-11-26-7-3-4-15(26)12-27-16)24-9-13-8-14(20)5-6-17(13)28-18(21)22;/h5-6,8,15-16,18H,2-4,7,9-12H2,1H3,(H2,23,24,25);1H. The Morgan fingerprint density at radius 1 is 1.41 bits per heavy atom. The van der Waals surface area contributed by atoms with Crippen LogP contribution in [0.2, 0.25) is 5.02 Å². The number of halogens is 4. The molecule has 0 saturated carbocycles. The molecule has 0 radical (unpaired) electrons. The Bertz CT molecular complexity index is 684. The first-order chi connectivity index (χ1) is 13.5. The molecule has 0 aromatic heterocycles. The summed E-state index contributed by atoms with van der Waals surface area (Å²) in [6.07, 6.45) is 2.55. The predicted molar refractivity (Wildman–Crippen MR) is 121 cm³/mol. The maximum Gasteiger partial charge on any atom is 0.387 e. The van der Waals surface area contributed by atoms with Crippen LogP contribution in [0, 0.1) is 0 Å². The van der Waals surface area contributed by atoms with Crippen molar-refractivity contribution in [1.82, 2.24) is 15.5 Å². The summed E-state index contributed by atoms with van der Waals surface area (Å²) in [5.41, 5.74) is 0.499. The summed E-state index contributed by atoms with van der Waals surface area (Å²) >= 11 is 5.99. The number of hydrogen-bond acceptors (Lipinski definition) is 4. The fraction of sp³-hybridized carbons (Fsp3) is 0.632. The number of benzene rings is 1. The Balaban J connectivity index is 0.00000300. The smallest absolute Gasteiger partial charge is 0.387 e. The van der Waals surface area contributed by atoms with E-state index in [1.165, 1.54) is 25.0 Å². The first-order valence-corrected chi connectivity index (χ1v) is 10.0. The van der Waals surface area contributed by atoms with Gasteiger partial charge in [-0.1, -0.05) is 11.6 Å². The minimum Gasteiger partial charge on any atom is -0.434 e. The molecule has 2 saturated heterocycles. The lowest BCUT2D eigenvalue weighted by Crippen LogP contribution is -2.51. The van der Waals surface area contributed by atoms with Gasteiger partial charge in [0.15, 0.2) is 5.96 Å². The Morgan fingerprint density at radius 3 is 3.00 bits per heavy atom. The first kappa shape index (κ1) is 24.4. The van der Waals surface area contributed by atoms with Crippen LogP contribution in [0.4, 0.5) is 8.78 Å². The molecular weight excluding hydrogens is 517 g/mol. The molecule has 1 aromatic rings. The predicted octanol–water partition coefficient (Wildman–Crippen LogP) is 3.48. The molecule has 1 aromatic carbocycles. The van der Waals surface area contributed by atoms with Gasteiger partial charge >= 0.3 is 6.61 Å². The number of morpholine rings is 1. The summed E-state index contributed by atoms with van der Waals surface area (Å²) in [6.45, 7) is 3.38. The van der Waals surface area contributed by atoms with Crippen molar-refractivity contribution in [3.63, 3.8) is 0 Å². The van der Waals surface area contributed by atoms with Gasteiger partial charge in [-0.3, -0.25) is 4.90 Å². The molecule has 2 N–H and O–H groups in total. The molecule has 6 nitrogen and oxygen atoms in total. The zero-order valence-corrected chi connectivity index (χ0v) is 19.5. The molecule has 0 amide bonds. The summed E-state index contributed by atoms with van der Waals surface area (Å²) in [7, 11) is 0. The van der Waals surface area contributed by atoms with Crippen molar-refractivity contribution in [3.05, 3.63) is 28.8 Å². The van der Waals surface area contributed by atoms with E-state index in [0.29, 0.717) is 35.7 Å². The lowest BCUT2D eigenvalue weighted by Gasteiger charge is -2.35. The van der Waals surface area contributed by atoms with Gasteiger partial charge in [0.1, 0.15) is 5.75 Å². The lowest BCUT2D eigenvalue weighted by atomic mass is 10.2. The van der Waals surface area contributed by atoms with Crippen LogP contribution in [0.15, 0.2) is 23.2 Å². The molecule has 2 aliphatic heterocycles. The minimum absolute atomic E-state index is 0. The Labute approximate surface area is 192 Å². The van der Waals surface area contributed by atoms with Gasteiger partial charge in [-0.2, -0.15) is 8.78 Å². The van der Waals surface area contributed by atoms with Gasteiger partial charge < -0.3 is 20.1 Å². The highest BCUT2D eigenvalue weighted by atomic mass is 127. The number of ether oxygens (including phenoxy) is 2. The van der Waals surface area contributed by atoms with Gasteiger partial charge in [0, 0.05) is 36.3 Å². The molecule has 2 unspecified atom stereocenters. The number of rotatable bonds is 7. The average molecular weight is 545 g/mol. The van der Waals surface area contributed by atoms with E-state index in [9.17, 15) is 8.78 Å². The highest BCUT2D eigenvalue weighted by Gasteiger charge is 2.32. The van der Waals surface area contributed by atoms with E-state index in [-0.39, 0.29) is 42.4 Å². The largest absolute Gasteiger partial charge is 0.434 e. The van der Waals surface area contributed by atoms with E-state index >= 15 is 0 Å². The molecule has 164 valence electrons. The highest BCUT2D eigenvalue weighted by Crippen LogP contribution is 2.25. The van der Waals surface area contributed by atoms with Crippen molar-refractivity contribution in [2.24, 2.45) is 4.99 Å². The topological polar surface area (TPSA) is 58.1 Å². The number of nitrogens with zero attached hydrogens (tertiary/aromatic N) is 2. The number of fused-ring (bicyclic) bond motifs is 1. The van der Waals surface area contributed by atoms with E-state index in [4.69, 9.17) is 16.3 Å². The summed E-state index contributed by atoms with van der Waals surface area (Å²) in [6, 6.07) is 5.10. The van der Waals surface area contributed by atoms with Crippen LogP contribution in [0.25, 0.3) is 0 Å². The SMILES string of the molecule is CCNC(=NCc1cc(Cl)ccc1OC(F)F)NCC1CN2CCCC2CO1.I. The maximum atomic E-state index is 12.6. The van der Waals surface area contributed by atoms with E-state index in [2.05, 4.69) is 25.3 Å². The van der Waals surface area contributed by atoms with E-state index in [1.54, 1.807) is 6.07 Å². The molecule has 0 bridgehead atoms. The molecular formula is C19H28ClF2IN4O2. The molecule has 29 heavy (non-hydrogen) atoms. The van der Waals surface area contributed by atoms with Crippen LogP contribution in [0.1, 0.15) is 25.3 Å². The van der Waals surface area contributed by atoms with E-state index in [1.807, 2.05) is 6.92 Å². The lowest BCUT2D eigenvalue weighted by molar-refractivity contribution is -0.0504. The van der Waals surface area contributed by atoms with Crippen LogP contribution < -0.4 is 15.4 Å². The van der Waals surface area contributed by atoms with Crippen molar-refractivity contribution in [1.29, 1.82) is 0 Å². The van der Waals surface area contributed by atoms with Gasteiger partial charge in [0.25, 0.3) is 0 Å². The van der Waals surface area contributed by atoms with Crippen molar-refractivity contribution < 1.29 is 18.3 Å². The first-order valence-electron chi connectivity index (χ1n) is 9.66. The molecule has 0 aliphatic carbocycles. The van der Waals surface area contributed by atoms with E-state index in [0.717, 1.165) is 19.7 Å². The highest BCUT2D eigenvalue weighted by molar-refractivity contribution is 14.0. The number of alkyl halides is 2. The fourth-order valence-corrected chi connectivity index (χ4v) is 3.80. The zero-order chi connectivity index (χ0) is 19.9. The van der Waals surface area contributed by atoms with Crippen LogP contribution in [-0.4, -0.2) is 62.4 Å². The molecule has 3 rings (SSSR count). The maximum absolute atomic E-state index is 12.6. The molecule has 2 atom stereocenters. The molecule has 2 fully saturated rings. The quantitative estimate of drug-likeness (QED) is 0.313. The third-order valence-electron chi connectivity index (χ3n) is 4.95. The zero-order valence-electron chi connectivity index (χ0n) is 16.4. The Morgan fingerprint density at radius 2 is 2.24 bits per heavy atom. The van der Waals surface area contributed by atoms with Crippen LogP contribution in [-0.2, 0) is 11.3 Å². The second-order valence-electron chi connectivity index (χ2n) is 6.95. The van der Waals surface area contributed by atoms with Crippen molar-refractivity contribution in [2.45, 2.75) is 45.1 Å². The van der Waals surface area contributed by atoms with Crippen molar-refractivity contribution >= 4 is 41.5 Å². The minimum atomic E-state index is -2.90. The van der Waals surface area contributed by atoms with E-state index < -0.39 is 6.61 Å². The number of aliphatic imine (C=N–C) groups is 1. The van der Waals surface area contributed by atoms with Crippen LogP contribution >= 0.6 is 35.6 Å². The third-order valence-corrected chi connectivity index (χ3v) is 5.18. The second-order valence-corrected chi connectivity index (χ2v) is 7.39. The average Bonchev–Trinajstić information content (AvgIpc) is 3.13. The monoisotopic (exact) mass is 544 g/mol. The normalized spacial score (nSPS) is 22.2.